The highest BCUT2D eigenvalue weighted by Gasteiger charge is 2.10. The Kier molecular flexibility index (Phi) is 3.75. The second-order valence-electron chi connectivity index (χ2n) is 4.02. The van der Waals surface area contributed by atoms with Crippen LogP contribution in [0.2, 0.25) is 5.15 Å². The van der Waals surface area contributed by atoms with Crippen LogP contribution in [0.15, 0.2) is 30.3 Å². The van der Waals surface area contributed by atoms with E-state index >= 15 is 0 Å². The third kappa shape index (κ3) is 2.64. The molecule has 0 amide bonds. The van der Waals surface area contributed by atoms with Gasteiger partial charge < -0.3 is 0 Å². The van der Waals surface area contributed by atoms with Gasteiger partial charge in [-0.25, -0.2) is 9.97 Å². The summed E-state index contributed by atoms with van der Waals surface area (Å²) in [6.07, 6.45) is 1.88. The molecule has 0 saturated carbocycles. The Morgan fingerprint density at radius 1 is 1.12 bits per heavy atom. The molecule has 88 valence electrons. The summed E-state index contributed by atoms with van der Waals surface area (Å²) in [5.41, 5.74) is 2.97. The first-order valence-electron chi connectivity index (χ1n) is 5.80. The summed E-state index contributed by atoms with van der Waals surface area (Å²) in [4.78, 5) is 8.90. The maximum atomic E-state index is 6.15. The molecule has 2 aromatic rings. The molecule has 0 fully saturated rings. The van der Waals surface area contributed by atoms with E-state index in [9.17, 15) is 0 Å². The van der Waals surface area contributed by atoms with Crippen molar-refractivity contribution in [3.05, 3.63) is 46.9 Å². The van der Waals surface area contributed by atoms with Gasteiger partial charge in [-0.15, -0.1) is 0 Å². The van der Waals surface area contributed by atoms with E-state index in [4.69, 9.17) is 11.6 Å². The fourth-order valence-electron chi connectivity index (χ4n) is 1.75. The van der Waals surface area contributed by atoms with Crippen molar-refractivity contribution in [2.75, 3.05) is 0 Å². The molecule has 2 rings (SSSR count). The number of hydrogen-bond donors (Lipinski definition) is 0. The van der Waals surface area contributed by atoms with Crippen LogP contribution in [0.1, 0.15) is 24.7 Å². The minimum atomic E-state index is 0.558. The van der Waals surface area contributed by atoms with Gasteiger partial charge in [-0.3, -0.25) is 0 Å². The Morgan fingerprint density at radius 3 is 2.47 bits per heavy atom. The quantitative estimate of drug-likeness (QED) is 0.764. The van der Waals surface area contributed by atoms with Crippen LogP contribution in [-0.2, 0) is 6.42 Å². The summed E-state index contributed by atoms with van der Waals surface area (Å²) in [7, 11) is 0. The van der Waals surface area contributed by atoms with Crippen LogP contribution < -0.4 is 0 Å². The van der Waals surface area contributed by atoms with E-state index in [2.05, 4.69) is 16.9 Å². The first kappa shape index (κ1) is 12.1. The average Bonchev–Trinajstić information content (AvgIpc) is 2.35. The van der Waals surface area contributed by atoms with Gasteiger partial charge in [0, 0.05) is 17.5 Å². The molecule has 0 aliphatic heterocycles. The standard InChI is InChI=1S/C14H15ClN2/c1-3-7-12-16-13(10(2)14(15)17-12)11-8-5-4-6-9-11/h4-6,8-9H,3,7H2,1-2H3. The fraction of sp³-hybridized carbons (Fsp3) is 0.286. The maximum absolute atomic E-state index is 6.15. The summed E-state index contributed by atoms with van der Waals surface area (Å²) in [6.45, 7) is 4.07. The molecule has 2 nitrogen and oxygen atoms in total. The average molecular weight is 247 g/mol. The molecule has 0 spiro atoms. The second-order valence-corrected chi connectivity index (χ2v) is 4.38. The minimum Gasteiger partial charge on any atom is -0.233 e. The van der Waals surface area contributed by atoms with E-state index in [1.54, 1.807) is 0 Å². The summed E-state index contributed by atoms with van der Waals surface area (Å²) in [6, 6.07) is 10.1. The minimum absolute atomic E-state index is 0.558. The van der Waals surface area contributed by atoms with E-state index < -0.39 is 0 Å². The second kappa shape index (κ2) is 5.28. The molecule has 17 heavy (non-hydrogen) atoms. The lowest BCUT2D eigenvalue weighted by Gasteiger charge is -2.08. The predicted molar refractivity (Wildman–Crippen MR) is 71.2 cm³/mol. The molecule has 0 bridgehead atoms. The van der Waals surface area contributed by atoms with Crippen LogP contribution in [0.3, 0.4) is 0 Å². The predicted octanol–water partition coefficient (Wildman–Crippen LogP) is 4.06. The van der Waals surface area contributed by atoms with Crippen molar-refractivity contribution < 1.29 is 0 Å². The van der Waals surface area contributed by atoms with Crippen LogP contribution in [0, 0.1) is 6.92 Å². The Balaban J connectivity index is 2.53. The number of hydrogen-bond acceptors (Lipinski definition) is 2. The van der Waals surface area contributed by atoms with E-state index in [1.807, 2.05) is 37.3 Å². The Bertz CT molecular complexity index is 509. The summed E-state index contributed by atoms with van der Waals surface area (Å²) in [5.74, 6) is 0.821. The first-order valence-corrected chi connectivity index (χ1v) is 6.18. The highest BCUT2D eigenvalue weighted by molar-refractivity contribution is 6.30. The van der Waals surface area contributed by atoms with Crippen LogP contribution in [0.5, 0.6) is 0 Å². The monoisotopic (exact) mass is 246 g/mol. The smallest absolute Gasteiger partial charge is 0.136 e. The number of benzene rings is 1. The molecule has 1 aromatic heterocycles. The van der Waals surface area contributed by atoms with E-state index in [-0.39, 0.29) is 0 Å². The van der Waals surface area contributed by atoms with E-state index in [0.717, 1.165) is 35.5 Å². The van der Waals surface area contributed by atoms with Crippen molar-refractivity contribution in [3.8, 4) is 11.3 Å². The zero-order chi connectivity index (χ0) is 12.3. The molecular weight excluding hydrogens is 232 g/mol. The van der Waals surface area contributed by atoms with Gasteiger partial charge in [0.05, 0.1) is 5.69 Å². The lowest BCUT2D eigenvalue weighted by Crippen LogP contribution is -2.00. The lowest BCUT2D eigenvalue weighted by atomic mass is 10.1. The molecule has 0 N–H and O–H groups in total. The molecule has 1 aromatic carbocycles. The molecule has 0 radical (unpaired) electrons. The number of rotatable bonds is 3. The van der Waals surface area contributed by atoms with Gasteiger partial charge in [-0.05, 0) is 13.3 Å². The molecule has 0 aliphatic carbocycles. The highest BCUT2D eigenvalue weighted by atomic mass is 35.5. The molecule has 3 heteroatoms. The SMILES string of the molecule is CCCc1nc(Cl)c(C)c(-c2ccccc2)n1. The van der Waals surface area contributed by atoms with Gasteiger partial charge in [0.1, 0.15) is 11.0 Å². The van der Waals surface area contributed by atoms with Crippen LogP contribution in [0.25, 0.3) is 11.3 Å². The van der Waals surface area contributed by atoms with Gasteiger partial charge in [0.15, 0.2) is 0 Å². The van der Waals surface area contributed by atoms with Crippen molar-refractivity contribution in [2.24, 2.45) is 0 Å². The summed E-state index contributed by atoms with van der Waals surface area (Å²) >= 11 is 6.15. The van der Waals surface area contributed by atoms with Crippen LogP contribution >= 0.6 is 11.6 Å². The van der Waals surface area contributed by atoms with Gasteiger partial charge in [0.2, 0.25) is 0 Å². The molecular formula is C14H15ClN2. The zero-order valence-corrected chi connectivity index (χ0v) is 10.8. The first-order chi connectivity index (χ1) is 8.22. The van der Waals surface area contributed by atoms with Gasteiger partial charge in [-0.2, -0.15) is 0 Å². The third-order valence-electron chi connectivity index (χ3n) is 2.65. The Labute approximate surface area is 107 Å². The van der Waals surface area contributed by atoms with E-state index in [0.29, 0.717) is 5.15 Å². The molecule has 1 heterocycles. The summed E-state index contributed by atoms with van der Waals surface area (Å²) in [5, 5.41) is 0.558. The maximum Gasteiger partial charge on any atom is 0.136 e. The van der Waals surface area contributed by atoms with Gasteiger partial charge >= 0.3 is 0 Å². The number of halogens is 1. The number of aryl methyl sites for hydroxylation is 1. The van der Waals surface area contributed by atoms with Crippen molar-refractivity contribution in [3.63, 3.8) is 0 Å². The fourth-order valence-corrected chi connectivity index (χ4v) is 1.93. The van der Waals surface area contributed by atoms with Crippen LogP contribution in [-0.4, -0.2) is 9.97 Å². The lowest BCUT2D eigenvalue weighted by molar-refractivity contribution is 0.833. The number of nitrogens with zero attached hydrogens (tertiary/aromatic N) is 2. The Morgan fingerprint density at radius 2 is 1.82 bits per heavy atom. The summed E-state index contributed by atoms with van der Waals surface area (Å²) < 4.78 is 0. The van der Waals surface area contributed by atoms with Crippen molar-refractivity contribution in [1.29, 1.82) is 0 Å². The topological polar surface area (TPSA) is 25.8 Å². The van der Waals surface area contributed by atoms with Crippen molar-refractivity contribution in [2.45, 2.75) is 26.7 Å². The van der Waals surface area contributed by atoms with Gasteiger partial charge in [-0.1, -0.05) is 48.9 Å². The van der Waals surface area contributed by atoms with Crippen LogP contribution in [0.4, 0.5) is 0 Å². The Hall–Kier alpha value is -1.41. The molecule has 0 saturated heterocycles. The molecule has 0 aliphatic rings. The van der Waals surface area contributed by atoms with E-state index in [1.165, 1.54) is 0 Å². The third-order valence-corrected chi connectivity index (χ3v) is 3.02. The van der Waals surface area contributed by atoms with Gasteiger partial charge in [0.25, 0.3) is 0 Å². The highest BCUT2D eigenvalue weighted by Crippen LogP contribution is 2.25. The normalized spacial score (nSPS) is 10.5. The molecule has 0 unspecified atom stereocenters. The number of aromatic nitrogens is 2. The van der Waals surface area contributed by atoms with Crippen molar-refractivity contribution in [1.82, 2.24) is 9.97 Å². The largest absolute Gasteiger partial charge is 0.233 e. The zero-order valence-electron chi connectivity index (χ0n) is 10.1. The van der Waals surface area contributed by atoms with Crippen molar-refractivity contribution >= 4 is 11.6 Å². The molecule has 0 atom stereocenters.